The Morgan fingerprint density at radius 1 is 1.29 bits per heavy atom. The predicted octanol–water partition coefficient (Wildman–Crippen LogP) is 2.87. The number of para-hydroxylation sites is 1. The standard InChI is InChI=1S/C21H25N5O2S3/c22-14-26(31(27)19-5-2-10-29-19)18-4-1-3-15-11-17(24-20(15)18)21-23-12-16(30-21)13-25-6-8-28-9-7-25/h1-5,10-11,16,24H,6-9,12-14,22H2. The Morgan fingerprint density at radius 3 is 2.94 bits per heavy atom. The number of rotatable bonds is 7. The number of fused-ring (bicyclic) bond motifs is 1. The van der Waals surface area contributed by atoms with E-state index in [9.17, 15) is 4.55 Å². The number of hydrogen-bond donors (Lipinski definition) is 2. The first-order valence-corrected chi connectivity index (χ1v) is 13.2. The van der Waals surface area contributed by atoms with Crippen molar-refractivity contribution >= 4 is 56.1 Å². The van der Waals surface area contributed by atoms with Crippen LogP contribution in [0, 0.1) is 0 Å². The summed E-state index contributed by atoms with van der Waals surface area (Å²) in [4.78, 5) is 10.8. The van der Waals surface area contributed by atoms with Crippen LogP contribution in [0.4, 0.5) is 5.69 Å². The van der Waals surface area contributed by atoms with E-state index < -0.39 is 11.4 Å². The topological polar surface area (TPSA) is 92.9 Å². The zero-order valence-corrected chi connectivity index (χ0v) is 19.5. The predicted molar refractivity (Wildman–Crippen MR) is 131 cm³/mol. The SMILES string of the molecule is NCN(c1cccc2cc(C3=NCC(CN4CCOCC4)S3)[nH]c12)[S+]([O-])c1cccs1. The van der Waals surface area contributed by atoms with E-state index in [1.165, 1.54) is 11.3 Å². The molecular weight excluding hydrogens is 450 g/mol. The molecule has 2 atom stereocenters. The van der Waals surface area contributed by atoms with Gasteiger partial charge in [0.1, 0.15) is 28.8 Å². The zero-order valence-electron chi connectivity index (χ0n) is 17.0. The first-order valence-electron chi connectivity index (χ1n) is 10.3. The summed E-state index contributed by atoms with van der Waals surface area (Å²) < 4.78 is 21.1. The molecule has 1 aromatic carbocycles. The van der Waals surface area contributed by atoms with Crippen molar-refractivity contribution in [1.82, 2.24) is 9.88 Å². The lowest BCUT2D eigenvalue weighted by Crippen LogP contribution is -2.40. The fourth-order valence-corrected chi connectivity index (χ4v) is 7.15. The van der Waals surface area contributed by atoms with Crippen LogP contribution in [0.5, 0.6) is 0 Å². The van der Waals surface area contributed by atoms with Gasteiger partial charge in [-0.2, -0.15) is 4.31 Å². The van der Waals surface area contributed by atoms with E-state index in [1.54, 1.807) is 4.31 Å². The van der Waals surface area contributed by atoms with Gasteiger partial charge in [0.25, 0.3) is 0 Å². The lowest BCUT2D eigenvalue weighted by Gasteiger charge is -2.28. The van der Waals surface area contributed by atoms with Gasteiger partial charge < -0.3 is 20.0 Å². The van der Waals surface area contributed by atoms with Crippen LogP contribution in [0.25, 0.3) is 10.9 Å². The largest absolute Gasteiger partial charge is 0.587 e. The number of thiophene rings is 1. The molecule has 3 aromatic rings. The van der Waals surface area contributed by atoms with Crippen molar-refractivity contribution < 1.29 is 9.29 Å². The third-order valence-corrected chi connectivity index (χ3v) is 9.26. The highest BCUT2D eigenvalue weighted by Gasteiger charge is 2.28. The molecule has 0 bridgehead atoms. The molecule has 0 spiro atoms. The molecular formula is C21H25N5O2S3. The molecule has 1 fully saturated rings. The number of ether oxygens (including phenoxy) is 1. The molecule has 5 rings (SSSR count). The highest BCUT2D eigenvalue weighted by molar-refractivity contribution is 8.15. The van der Waals surface area contributed by atoms with Crippen molar-refractivity contribution in [2.45, 2.75) is 9.46 Å². The number of anilines is 1. The van der Waals surface area contributed by atoms with Crippen molar-refractivity contribution in [2.24, 2.45) is 10.7 Å². The van der Waals surface area contributed by atoms with Gasteiger partial charge in [-0.3, -0.25) is 9.89 Å². The van der Waals surface area contributed by atoms with Gasteiger partial charge in [0.2, 0.25) is 4.21 Å². The zero-order chi connectivity index (χ0) is 21.2. The number of morpholine rings is 1. The van der Waals surface area contributed by atoms with Crippen molar-refractivity contribution in [3.63, 3.8) is 0 Å². The second-order valence-corrected chi connectivity index (χ2v) is 11.3. The molecule has 2 unspecified atom stereocenters. The molecule has 4 heterocycles. The Labute approximate surface area is 193 Å². The highest BCUT2D eigenvalue weighted by atomic mass is 32.2. The molecule has 3 N–H and O–H groups in total. The number of aliphatic imine (C=N–C) groups is 1. The molecule has 0 aliphatic carbocycles. The van der Waals surface area contributed by atoms with Crippen molar-refractivity contribution in [3.05, 3.63) is 47.5 Å². The average molecular weight is 476 g/mol. The Bertz CT molecular complexity index is 1050. The summed E-state index contributed by atoms with van der Waals surface area (Å²) in [6.07, 6.45) is 0. The van der Waals surface area contributed by atoms with Gasteiger partial charge in [0.15, 0.2) is 0 Å². The van der Waals surface area contributed by atoms with Gasteiger partial charge in [-0.15, -0.1) is 0 Å². The normalized spacial score (nSPS) is 20.8. The van der Waals surface area contributed by atoms with E-state index in [4.69, 9.17) is 15.5 Å². The fraction of sp³-hybridized carbons (Fsp3) is 0.381. The molecule has 1 saturated heterocycles. The minimum atomic E-state index is -1.34. The first-order chi connectivity index (χ1) is 15.2. The Balaban J connectivity index is 1.36. The minimum Gasteiger partial charge on any atom is -0.587 e. The molecule has 31 heavy (non-hydrogen) atoms. The van der Waals surface area contributed by atoms with Crippen LogP contribution in [0.15, 0.2) is 51.0 Å². The molecule has 2 aliphatic heterocycles. The number of nitrogens with one attached hydrogen (secondary N) is 1. The molecule has 10 heteroatoms. The second-order valence-electron chi connectivity index (χ2n) is 7.47. The number of nitrogens with two attached hydrogens (primary N) is 1. The van der Waals surface area contributed by atoms with E-state index in [0.717, 1.165) is 70.9 Å². The van der Waals surface area contributed by atoms with E-state index >= 15 is 0 Å². The number of H-pyrrole nitrogens is 1. The summed E-state index contributed by atoms with van der Waals surface area (Å²) in [5, 5.41) is 4.50. The van der Waals surface area contributed by atoms with Gasteiger partial charge in [-0.25, -0.2) is 0 Å². The van der Waals surface area contributed by atoms with Crippen LogP contribution in [-0.4, -0.2) is 70.8 Å². The van der Waals surface area contributed by atoms with E-state index in [1.807, 2.05) is 41.4 Å². The number of aromatic nitrogens is 1. The Hall–Kier alpha value is -1.53. The summed E-state index contributed by atoms with van der Waals surface area (Å²) in [5.74, 6) is 0. The van der Waals surface area contributed by atoms with Crippen molar-refractivity contribution in [2.75, 3.05) is 50.4 Å². The smallest absolute Gasteiger partial charge is 0.233 e. The summed E-state index contributed by atoms with van der Waals surface area (Å²) in [6.45, 7) is 5.66. The lowest BCUT2D eigenvalue weighted by molar-refractivity contribution is 0.0385. The maximum absolute atomic E-state index is 13.1. The van der Waals surface area contributed by atoms with Crippen LogP contribution in [0.2, 0.25) is 0 Å². The van der Waals surface area contributed by atoms with Gasteiger partial charge in [0.05, 0.1) is 31.0 Å². The molecule has 164 valence electrons. The monoisotopic (exact) mass is 475 g/mol. The third kappa shape index (κ3) is 4.51. The molecule has 2 aliphatic rings. The van der Waals surface area contributed by atoms with Gasteiger partial charge >= 0.3 is 0 Å². The molecule has 0 radical (unpaired) electrons. The van der Waals surface area contributed by atoms with Crippen LogP contribution in [0.1, 0.15) is 5.69 Å². The first kappa shape index (κ1) is 21.3. The third-order valence-electron chi connectivity index (χ3n) is 5.45. The van der Waals surface area contributed by atoms with Gasteiger partial charge in [-0.05, 0) is 23.6 Å². The molecule has 0 saturated carbocycles. The molecule has 0 amide bonds. The summed E-state index contributed by atoms with van der Waals surface area (Å²) in [6, 6.07) is 11.9. The van der Waals surface area contributed by atoms with Crippen molar-refractivity contribution in [1.29, 1.82) is 0 Å². The second kappa shape index (κ2) is 9.53. The van der Waals surface area contributed by atoms with E-state index in [-0.39, 0.29) is 6.67 Å². The average Bonchev–Trinajstić information content (AvgIpc) is 3.55. The summed E-state index contributed by atoms with van der Waals surface area (Å²) >= 11 is 1.97. The summed E-state index contributed by atoms with van der Waals surface area (Å²) in [7, 11) is 0. The minimum absolute atomic E-state index is 0.162. The van der Waals surface area contributed by atoms with Crippen LogP contribution in [-0.2, 0) is 16.1 Å². The quantitative estimate of drug-likeness (QED) is 0.403. The number of nitrogens with zero attached hydrogens (tertiary/aromatic N) is 3. The van der Waals surface area contributed by atoms with Crippen LogP contribution >= 0.6 is 23.1 Å². The fourth-order valence-electron chi connectivity index (χ4n) is 3.92. The number of thioether (sulfide) groups is 1. The van der Waals surface area contributed by atoms with E-state index in [2.05, 4.69) is 22.0 Å². The number of aromatic amines is 1. The lowest BCUT2D eigenvalue weighted by atomic mass is 10.2. The number of hydrogen-bond acceptors (Lipinski definition) is 8. The number of benzene rings is 1. The van der Waals surface area contributed by atoms with E-state index in [0.29, 0.717) is 5.25 Å². The molecule has 7 nitrogen and oxygen atoms in total. The van der Waals surface area contributed by atoms with Crippen LogP contribution in [0.3, 0.4) is 0 Å². The highest BCUT2D eigenvalue weighted by Crippen LogP contribution is 2.34. The molecule has 2 aromatic heterocycles. The van der Waals surface area contributed by atoms with Gasteiger partial charge in [0, 0.05) is 36.3 Å². The summed E-state index contributed by atoms with van der Waals surface area (Å²) in [5.41, 5.74) is 8.81. The van der Waals surface area contributed by atoms with Crippen LogP contribution < -0.4 is 10.0 Å². The Kier molecular flexibility index (Phi) is 6.56. The van der Waals surface area contributed by atoms with Gasteiger partial charge in [-0.1, -0.05) is 35.2 Å². The Morgan fingerprint density at radius 2 is 2.16 bits per heavy atom. The maximum atomic E-state index is 13.1. The van der Waals surface area contributed by atoms with Crippen molar-refractivity contribution in [3.8, 4) is 0 Å². The maximum Gasteiger partial charge on any atom is 0.233 e.